The van der Waals surface area contributed by atoms with Crippen molar-refractivity contribution in [3.63, 3.8) is 0 Å². The number of nitrogens with zero attached hydrogens (tertiary/aromatic N) is 1. The van der Waals surface area contributed by atoms with Gasteiger partial charge < -0.3 is 14.3 Å². The third-order valence-electron chi connectivity index (χ3n) is 2.67. The van der Waals surface area contributed by atoms with Crippen molar-refractivity contribution in [1.29, 1.82) is 0 Å². The number of likely N-dealkylation sites (N-methyl/N-ethyl adjacent to an activating group) is 1. The predicted molar refractivity (Wildman–Crippen MR) is 62.1 cm³/mol. The fourth-order valence-electron chi connectivity index (χ4n) is 1.72. The molecule has 1 N–H and O–H groups in total. The minimum Gasteiger partial charge on any atom is -0.462 e. The number of aliphatic hydroxyl groups excluding tert-OH is 1. The second kappa shape index (κ2) is 6.68. The lowest BCUT2D eigenvalue weighted by Gasteiger charge is -2.26. The Balaban J connectivity index is 2.55. The van der Waals surface area contributed by atoms with Crippen LogP contribution >= 0.6 is 0 Å². The molecule has 16 heavy (non-hydrogen) atoms. The molecule has 0 aromatic carbocycles. The molecule has 1 heterocycles. The van der Waals surface area contributed by atoms with Crippen LogP contribution in [0.2, 0.25) is 0 Å². The molecular weight excluding hydrogens is 206 g/mol. The zero-order valence-corrected chi connectivity index (χ0v) is 10.3. The van der Waals surface area contributed by atoms with E-state index in [2.05, 4.69) is 18.7 Å². The van der Waals surface area contributed by atoms with Crippen molar-refractivity contribution < 1.29 is 14.3 Å². The summed E-state index contributed by atoms with van der Waals surface area (Å²) in [5.74, 6) is 1.50. The van der Waals surface area contributed by atoms with Gasteiger partial charge >= 0.3 is 0 Å². The van der Waals surface area contributed by atoms with Crippen molar-refractivity contribution in [2.75, 3.05) is 20.3 Å². The molecule has 0 saturated heterocycles. The van der Waals surface area contributed by atoms with E-state index in [9.17, 15) is 0 Å². The highest BCUT2D eigenvalue weighted by molar-refractivity contribution is 5.06. The van der Waals surface area contributed by atoms with Gasteiger partial charge in [-0.1, -0.05) is 6.92 Å². The van der Waals surface area contributed by atoms with E-state index in [1.54, 1.807) is 7.11 Å². The largest absolute Gasteiger partial charge is 0.462 e. The highest BCUT2D eigenvalue weighted by Gasteiger charge is 2.13. The molecular formula is C12H21NO3. The number of rotatable bonds is 7. The Hall–Kier alpha value is -0.840. The van der Waals surface area contributed by atoms with E-state index in [0.717, 1.165) is 18.8 Å². The van der Waals surface area contributed by atoms with Crippen molar-refractivity contribution in [2.24, 2.45) is 0 Å². The smallest absolute Gasteiger partial charge is 0.129 e. The Labute approximate surface area is 96.8 Å². The molecule has 0 fully saturated rings. The Morgan fingerprint density at radius 1 is 1.44 bits per heavy atom. The molecule has 0 aliphatic heterocycles. The molecule has 0 radical (unpaired) electrons. The summed E-state index contributed by atoms with van der Waals surface area (Å²) >= 11 is 0. The first-order chi connectivity index (χ1) is 7.71. The van der Waals surface area contributed by atoms with Crippen LogP contribution in [0.5, 0.6) is 0 Å². The van der Waals surface area contributed by atoms with Crippen molar-refractivity contribution in [2.45, 2.75) is 33.0 Å². The van der Waals surface area contributed by atoms with Gasteiger partial charge in [-0.3, -0.25) is 4.90 Å². The van der Waals surface area contributed by atoms with Crippen molar-refractivity contribution >= 4 is 0 Å². The molecule has 4 nitrogen and oxygen atoms in total. The molecule has 0 spiro atoms. The van der Waals surface area contributed by atoms with E-state index < -0.39 is 0 Å². The SMILES string of the molecule is CCN(Cc1ccc(CO)o1)C(C)COC. The quantitative estimate of drug-likeness (QED) is 0.769. The molecule has 1 unspecified atom stereocenters. The summed E-state index contributed by atoms with van der Waals surface area (Å²) in [4.78, 5) is 2.27. The summed E-state index contributed by atoms with van der Waals surface area (Å²) < 4.78 is 10.6. The summed E-state index contributed by atoms with van der Waals surface area (Å²) in [6, 6.07) is 4.08. The van der Waals surface area contributed by atoms with Gasteiger partial charge in [0.05, 0.1) is 13.2 Å². The van der Waals surface area contributed by atoms with Crippen LogP contribution in [-0.4, -0.2) is 36.3 Å². The van der Waals surface area contributed by atoms with Gasteiger partial charge in [-0.25, -0.2) is 0 Å². The van der Waals surface area contributed by atoms with Crippen LogP contribution in [0.4, 0.5) is 0 Å². The van der Waals surface area contributed by atoms with Gasteiger partial charge in [-0.05, 0) is 25.6 Å². The maximum Gasteiger partial charge on any atom is 0.129 e. The first-order valence-corrected chi connectivity index (χ1v) is 5.62. The van der Waals surface area contributed by atoms with Crippen LogP contribution in [0.3, 0.4) is 0 Å². The topological polar surface area (TPSA) is 45.8 Å². The first kappa shape index (κ1) is 13.2. The van der Waals surface area contributed by atoms with Gasteiger partial charge in [-0.2, -0.15) is 0 Å². The molecule has 4 heteroatoms. The second-order valence-corrected chi connectivity index (χ2v) is 3.89. The van der Waals surface area contributed by atoms with Crippen LogP contribution in [0.1, 0.15) is 25.4 Å². The summed E-state index contributed by atoms with van der Waals surface area (Å²) in [5, 5.41) is 8.91. The van der Waals surface area contributed by atoms with Gasteiger partial charge in [0.25, 0.3) is 0 Å². The zero-order chi connectivity index (χ0) is 12.0. The van der Waals surface area contributed by atoms with Gasteiger partial charge in [0.15, 0.2) is 0 Å². The molecule has 92 valence electrons. The molecule has 0 bridgehead atoms. The maximum absolute atomic E-state index is 8.91. The van der Waals surface area contributed by atoms with Crippen molar-refractivity contribution in [1.82, 2.24) is 4.90 Å². The Morgan fingerprint density at radius 2 is 2.12 bits per heavy atom. The van der Waals surface area contributed by atoms with Crippen LogP contribution < -0.4 is 0 Å². The number of methoxy groups -OCH3 is 1. The average Bonchev–Trinajstić information content (AvgIpc) is 2.73. The number of hydrogen-bond donors (Lipinski definition) is 1. The lowest BCUT2D eigenvalue weighted by Crippen LogP contribution is -2.35. The third kappa shape index (κ3) is 3.63. The Kier molecular flexibility index (Phi) is 5.52. The standard InChI is InChI=1S/C12H21NO3/c1-4-13(10(2)9-15-3)7-11-5-6-12(8-14)16-11/h5-6,10,14H,4,7-9H2,1-3H3. The molecule has 0 saturated carbocycles. The molecule has 0 aliphatic rings. The van der Waals surface area contributed by atoms with Gasteiger partial charge in [0.1, 0.15) is 18.1 Å². The normalized spacial score (nSPS) is 13.3. The summed E-state index contributed by atoms with van der Waals surface area (Å²) in [6.07, 6.45) is 0. The molecule has 0 aliphatic carbocycles. The Bertz CT molecular complexity index is 298. The van der Waals surface area contributed by atoms with Crippen molar-refractivity contribution in [3.8, 4) is 0 Å². The van der Waals surface area contributed by atoms with Gasteiger partial charge in [-0.15, -0.1) is 0 Å². The molecule has 1 aromatic rings. The minimum absolute atomic E-state index is 0.0419. The van der Waals surface area contributed by atoms with Crippen molar-refractivity contribution in [3.05, 3.63) is 23.7 Å². The fraction of sp³-hybridized carbons (Fsp3) is 0.667. The van der Waals surface area contributed by atoms with Crippen LogP contribution in [-0.2, 0) is 17.9 Å². The highest BCUT2D eigenvalue weighted by atomic mass is 16.5. The van der Waals surface area contributed by atoms with Crippen LogP contribution in [0.25, 0.3) is 0 Å². The predicted octanol–water partition coefficient (Wildman–Crippen LogP) is 1.63. The van der Waals surface area contributed by atoms with Gasteiger partial charge in [0, 0.05) is 13.2 Å². The molecule has 1 atom stereocenters. The molecule has 0 amide bonds. The summed E-state index contributed by atoms with van der Waals surface area (Å²) in [7, 11) is 1.71. The van der Waals surface area contributed by atoms with E-state index in [-0.39, 0.29) is 6.61 Å². The molecule has 1 aromatic heterocycles. The lowest BCUT2D eigenvalue weighted by molar-refractivity contribution is 0.0927. The monoisotopic (exact) mass is 227 g/mol. The number of aliphatic hydroxyl groups is 1. The zero-order valence-electron chi connectivity index (χ0n) is 10.3. The minimum atomic E-state index is -0.0419. The lowest BCUT2D eigenvalue weighted by atomic mass is 10.2. The first-order valence-electron chi connectivity index (χ1n) is 5.62. The highest BCUT2D eigenvalue weighted by Crippen LogP contribution is 2.12. The second-order valence-electron chi connectivity index (χ2n) is 3.89. The summed E-state index contributed by atoms with van der Waals surface area (Å²) in [6.45, 7) is 6.60. The molecule has 1 rings (SSSR count). The third-order valence-corrected chi connectivity index (χ3v) is 2.67. The maximum atomic E-state index is 8.91. The summed E-state index contributed by atoms with van der Waals surface area (Å²) in [5.41, 5.74) is 0. The van der Waals surface area contributed by atoms with Crippen LogP contribution in [0.15, 0.2) is 16.5 Å². The average molecular weight is 227 g/mol. The number of hydrogen-bond acceptors (Lipinski definition) is 4. The van der Waals surface area contributed by atoms with E-state index in [0.29, 0.717) is 18.4 Å². The van der Waals surface area contributed by atoms with E-state index in [1.807, 2.05) is 12.1 Å². The van der Waals surface area contributed by atoms with E-state index >= 15 is 0 Å². The van der Waals surface area contributed by atoms with E-state index in [4.69, 9.17) is 14.3 Å². The fourth-order valence-corrected chi connectivity index (χ4v) is 1.72. The van der Waals surface area contributed by atoms with Crippen LogP contribution in [0, 0.1) is 0 Å². The number of ether oxygens (including phenoxy) is 1. The van der Waals surface area contributed by atoms with E-state index in [1.165, 1.54) is 0 Å². The Morgan fingerprint density at radius 3 is 2.62 bits per heavy atom. The van der Waals surface area contributed by atoms with Gasteiger partial charge in [0.2, 0.25) is 0 Å². The number of furan rings is 1.